The molecule has 7 heteroatoms. The topological polar surface area (TPSA) is 64.3 Å². The third-order valence-corrected chi connectivity index (χ3v) is 3.61. The number of nitrogens with zero attached hydrogens (tertiary/aromatic N) is 2. The lowest BCUT2D eigenvalue weighted by Gasteiger charge is -2.28. The second kappa shape index (κ2) is 5.37. The molecule has 0 spiro atoms. The highest BCUT2D eigenvalue weighted by Gasteiger charge is 2.42. The van der Waals surface area contributed by atoms with Crippen LogP contribution < -0.4 is 0 Å². The molecular weight excluding hydrogens is 285 g/mol. The zero-order valence-corrected chi connectivity index (χ0v) is 11.2. The van der Waals surface area contributed by atoms with Crippen molar-refractivity contribution in [3.63, 3.8) is 0 Å². The Morgan fingerprint density at radius 3 is 2.62 bits per heavy atom. The van der Waals surface area contributed by atoms with Crippen molar-refractivity contribution in [2.45, 2.75) is 31.6 Å². The molecule has 1 heterocycles. The fraction of sp³-hybridized carbons (Fsp3) is 0.429. The lowest BCUT2D eigenvalue weighted by Crippen LogP contribution is -2.39. The van der Waals surface area contributed by atoms with Crippen molar-refractivity contribution >= 4 is 5.91 Å². The summed E-state index contributed by atoms with van der Waals surface area (Å²) in [5, 5.41) is 18.5. The average Bonchev–Trinajstić information content (AvgIpc) is 2.72. The van der Waals surface area contributed by atoms with Crippen LogP contribution in [0.1, 0.15) is 40.9 Å². The van der Waals surface area contributed by atoms with Crippen LogP contribution in [-0.4, -0.2) is 28.6 Å². The Bertz CT molecular complexity index is 603. The summed E-state index contributed by atoms with van der Waals surface area (Å²) in [6, 6.07) is 2.92. The van der Waals surface area contributed by atoms with Crippen LogP contribution in [0.2, 0.25) is 0 Å². The van der Waals surface area contributed by atoms with Crippen LogP contribution in [0.5, 0.6) is 0 Å². The van der Waals surface area contributed by atoms with Crippen molar-refractivity contribution in [3.8, 4) is 6.07 Å². The van der Waals surface area contributed by atoms with Crippen molar-refractivity contribution in [2.75, 3.05) is 6.61 Å². The molecular formula is C14H13F3N2O2. The van der Waals surface area contributed by atoms with Gasteiger partial charge < -0.3 is 10.0 Å². The Morgan fingerprint density at radius 2 is 2.14 bits per heavy atom. The fourth-order valence-electron chi connectivity index (χ4n) is 2.49. The molecule has 0 aliphatic carbocycles. The number of amides is 1. The van der Waals surface area contributed by atoms with E-state index in [4.69, 9.17) is 0 Å². The van der Waals surface area contributed by atoms with Gasteiger partial charge in [-0.15, -0.1) is 0 Å². The summed E-state index contributed by atoms with van der Waals surface area (Å²) in [7, 11) is 0. The number of aliphatic hydroxyl groups is 1. The summed E-state index contributed by atoms with van der Waals surface area (Å²) in [6.07, 6.45) is -4.13. The molecule has 0 radical (unpaired) electrons. The molecule has 2 atom stereocenters. The maximum absolute atomic E-state index is 12.8. The Labute approximate surface area is 119 Å². The number of aliphatic hydroxyl groups excluding tert-OH is 1. The van der Waals surface area contributed by atoms with E-state index in [1.165, 1.54) is 0 Å². The van der Waals surface area contributed by atoms with Gasteiger partial charge in [0.05, 0.1) is 24.3 Å². The minimum absolute atomic E-state index is 0.0456. The maximum atomic E-state index is 12.8. The number of fused-ring (bicyclic) bond motifs is 1. The first-order chi connectivity index (χ1) is 9.85. The van der Waals surface area contributed by atoms with Crippen LogP contribution in [0.3, 0.4) is 0 Å². The molecule has 0 aromatic heterocycles. The first kappa shape index (κ1) is 15.3. The van der Waals surface area contributed by atoms with Gasteiger partial charge in [-0.05, 0) is 24.6 Å². The van der Waals surface area contributed by atoms with Crippen molar-refractivity contribution in [1.29, 1.82) is 5.26 Å². The number of rotatable bonds is 3. The Hall–Kier alpha value is -2.07. The van der Waals surface area contributed by atoms with Gasteiger partial charge in [-0.25, -0.2) is 0 Å². The summed E-state index contributed by atoms with van der Waals surface area (Å²) in [6.45, 7) is 1.38. The molecule has 1 aromatic rings. The van der Waals surface area contributed by atoms with Crippen molar-refractivity contribution < 1.29 is 23.1 Å². The van der Waals surface area contributed by atoms with Gasteiger partial charge >= 0.3 is 6.18 Å². The van der Waals surface area contributed by atoms with Gasteiger partial charge in [0.1, 0.15) is 6.04 Å². The van der Waals surface area contributed by atoms with E-state index in [1.807, 2.05) is 6.07 Å². The summed E-state index contributed by atoms with van der Waals surface area (Å²) in [5.74, 6) is -0.522. The molecule has 0 saturated carbocycles. The standard InChI is InChI=1S/C14H13F3N2O2/c1-2-9(7-20)19-12(6-18)11-5-8(14(15,16)17)3-4-10(11)13(19)21/h3-5,9,12,20H,2,7H2,1H3. The molecule has 1 aromatic carbocycles. The van der Waals surface area contributed by atoms with E-state index in [0.717, 1.165) is 23.1 Å². The van der Waals surface area contributed by atoms with Gasteiger partial charge in [0.2, 0.25) is 0 Å². The van der Waals surface area contributed by atoms with E-state index in [9.17, 15) is 28.3 Å². The third kappa shape index (κ3) is 2.47. The number of nitriles is 1. The second-order valence-corrected chi connectivity index (χ2v) is 4.79. The second-order valence-electron chi connectivity index (χ2n) is 4.79. The first-order valence-electron chi connectivity index (χ1n) is 6.39. The van der Waals surface area contributed by atoms with Crippen LogP contribution in [0.15, 0.2) is 18.2 Å². The molecule has 2 rings (SSSR count). The lowest BCUT2D eigenvalue weighted by atomic mass is 10.0. The van der Waals surface area contributed by atoms with Crippen molar-refractivity contribution in [3.05, 3.63) is 34.9 Å². The van der Waals surface area contributed by atoms with E-state index in [-0.39, 0.29) is 17.7 Å². The summed E-state index contributed by atoms with van der Waals surface area (Å²) in [4.78, 5) is 13.4. The fourth-order valence-corrected chi connectivity index (χ4v) is 2.49. The first-order valence-corrected chi connectivity index (χ1v) is 6.39. The predicted octanol–water partition coefficient (Wildman–Crippen LogP) is 2.50. The van der Waals surface area contributed by atoms with E-state index < -0.39 is 29.7 Å². The SMILES string of the molecule is CCC(CO)N1C(=O)c2ccc(C(F)(F)F)cc2C1C#N. The van der Waals surface area contributed by atoms with Gasteiger partial charge in [-0.2, -0.15) is 18.4 Å². The smallest absolute Gasteiger partial charge is 0.394 e. The number of benzene rings is 1. The maximum Gasteiger partial charge on any atom is 0.416 e. The van der Waals surface area contributed by atoms with E-state index in [2.05, 4.69) is 0 Å². The van der Waals surface area contributed by atoms with E-state index in [0.29, 0.717) is 6.42 Å². The number of carbonyl (C=O) groups is 1. The normalized spacial score (nSPS) is 19.3. The summed E-state index contributed by atoms with van der Waals surface area (Å²) < 4.78 is 38.3. The third-order valence-electron chi connectivity index (χ3n) is 3.61. The molecule has 1 N–H and O–H groups in total. The molecule has 0 fully saturated rings. The van der Waals surface area contributed by atoms with Crippen LogP contribution in [0, 0.1) is 11.3 Å². The Morgan fingerprint density at radius 1 is 1.48 bits per heavy atom. The molecule has 112 valence electrons. The monoisotopic (exact) mass is 298 g/mol. The zero-order chi connectivity index (χ0) is 15.8. The summed E-state index contributed by atoms with van der Waals surface area (Å²) >= 11 is 0. The minimum Gasteiger partial charge on any atom is -0.394 e. The average molecular weight is 298 g/mol. The molecule has 1 amide bonds. The van der Waals surface area contributed by atoms with Crippen LogP contribution in [0.25, 0.3) is 0 Å². The quantitative estimate of drug-likeness (QED) is 0.932. The molecule has 0 bridgehead atoms. The lowest BCUT2D eigenvalue weighted by molar-refractivity contribution is -0.137. The number of carbonyl (C=O) groups excluding carboxylic acids is 1. The largest absolute Gasteiger partial charge is 0.416 e. The number of hydrogen-bond donors (Lipinski definition) is 1. The Balaban J connectivity index is 2.52. The molecule has 0 saturated heterocycles. The molecule has 2 unspecified atom stereocenters. The van der Waals surface area contributed by atoms with Gasteiger partial charge in [-0.1, -0.05) is 6.92 Å². The molecule has 1 aliphatic rings. The van der Waals surface area contributed by atoms with Crippen LogP contribution in [-0.2, 0) is 6.18 Å². The predicted molar refractivity (Wildman–Crippen MR) is 67.1 cm³/mol. The molecule has 4 nitrogen and oxygen atoms in total. The van der Waals surface area contributed by atoms with Gasteiger partial charge in [-0.3, -0.25) is 4.79 Å². The Kier molecular flexibility index (Phi) is 3.92. The van der Waals surface area contributed by atoms with Gasteiger partial charge in [0.25, 0.3) is 5.91 Å². The summed E-state index contributed by atoms with van der Waals surface area (Å²) in [5.41, 5.74) is -0.765. The van der Waals surface area contributed by atoms with Gasteiger partial charge in [0, 0.05) is 11.1 Å². The van der Waals surface area contributed by atoms with E-state index >= 15 is 0 Å². The molecule has 21 heavy (non-hydrogen) atoms. The van der Waals surface area contributed by atoms with Gasteiger partial charge in [0.15, 0.2) is 0 Å². The zero-order valence-electron chi connectivity index (χ0n) is 11.2. The highest BCUT2D eigenvalue weighted by Crippen LogP contribution is 2.39. The molecule has 1 aliphatic heterocycles. The number of halogens is 3. The number of alkyl halides is 3. The minimum atomic E-state index is -4.54. The van der Waals surface area contributed by atoms with E-state index in [1.54, 1.807) is 6.92 Å². The number of hydrogen-bond acceptors (Lipinski definition) is 3. The van der Waals surface area contributed by atoms with Crippen molar-refractivity contribution in [1.82, 2.24) is 4.90 Å². The van der Waals surface area contributed by atoms with Crippen molar-refractivity contribution in [2.24, 2.45) is 0 Å². The van der Waals surface area contributed by atoms with Crippen LogP contribution in [0.4, 0.5) is 13.2 Å². The highest BCUT2D eigenvalue weighted by molar-refractivity contribution is 6.00. The highest BCUT2D eigenvalue weighted by atomic mass is 19.4. The van der Waals surface area contributed by atoms with Crippen LogP contribution >= 0.6 is 0 Å².